The van der Waals surface area contributed by atoms with Gasteiger partial charge in [-0.1, -0.05) is 18.2 Å². The Hall–Kier alpha value is -2.30. The number of esters is 2. The summed E-state index contributed by atoms with van der Waals surface area (Å²) in [6.07, 6.45) is 0. The minimum absolute atomic E-state index is 0.514. The molecule has 0 amide bonds. The molecular weight excluding hydrogens is 246 g/mol. The zero-order valence-corrected chi connectivity index (χ0v) is 11.0. The molecule has 0 fully saturated rings. The highest BCUT2D eigenvalue weighted by molar-refractivity contribution is 6.02. The fourth-order valence-corrected chi connectivity index (χ4v) is 2.16. The van der Waals surface area contributed by atoms with Crippen molar-refractivity contribution in [2.45, 2.75) is 12.8 Å². The predicted octanol–water partition coefficient (Wildman–Crippen LogP) is 1.91. The second-order valence-corrected chi connectivity index (χ2v) is 4.19. The standard InChI is InChI=1S/C14H15NO4/c1-8-9-6-4-5-7-10(9)15-12(8)11(13(16)18-2)14(17)19-3/h4-7,11,15H,1-3H3. The van der Waals surface area contributed by atoms with Crippen LogP contribution in [0.15, 0.2) is 24.3 Å². The van der Waals surface area contributed by atoms with Crippen molar-refractivity contribution in [2.75, 3.05) is 14.2 Å². The normalized spacial score (nSPS) is 10.7. The molecule has 0 radical (unpaired) electrons. The maximum absolute atomic E-state index is 11.8. The third-order valence-electron chi connectivity index (χ3n) is 3.17. The molecule has 0 aliphatic heterocycles. The molecule has 0 spiro atoms. The lowest BCUT2D eigenvalue weighted by Crippen LogP contribution is -2.25. The number of fused-ring (bicyclic) bond motifs is 1. The first-order valence-corrected chi connectivity index (χ1v) is 5.83. The highest BCUT2D eigenvalue weighted by Crippen LogP contribution is 2.28. The molecule has 0 saturated heterocycles. The van der Waals surface area contributed by atoms with Crippen LogP contribution in [-0.4, -0.2) is 31.1 Å². The lowest BCUT2D eigenvalue weighted by Gasteiger charge is -2.12. The average molecular weight is 261 g/mol. The number of carbonyl (C=O) groups excluding carboxylic acids is 2. The first-order chi connectivity index (χ1) is 9.10. The quantitative estimate of drug-likeness (QED) is 0.677. The van der Waals surface area contributed by atoms with Crippen molar-refractivity contribution in [1.29, 1.82) is 0 Å². The molecule has 0 unspecified atom stereocenters. The Kier molecular flexibility index (Phi) is 3.55. The van der Waals surface area contributed by atoms with Crippen molar-refractivity contribution >= 4 is 22.8 Å². The number of nitrogens with one attached hydrogen (secondary N) is 1. The molecule has 1 aromatic carbocycles. The van der Waals surface area contributed by atoms with E-state index < -0.39 is 17.9 Å². The zero-order valence-electron chi connectivity index (χ0n) is 11.0. The lowest BCUT2D eigenvalue weighted by molar-refractivity contribution is -0.154. The number of methoxy groups -OCH3 is 2. The number of aromatic amines is 1. The number of carbonyl (C=O) groups is 2. The number of rotatable bonds is 3. The van der Waals surface area contributed by atoms with Crippen LogP contribution in [0.1, 0.15) is 17.2 Å². The summed E-state index contributed by atoms with van der Waals surface area (Å²) in [4.78, 5) is 26.7. The minimum atomic E-state index is -1.08. The van der Waals surface area contributed by atoms with Crippen LogP contribution in [0.25, 0.3) is 10.9 Å². The topological polar surface area (TPSA) is 68.4 Å². The van der Waals surface area contributed by atoms with Crippen LogP contribution in [0, 0.1) is 6.92 Å². The highest BCUT2D eigenvalue weighted by Gasteiger charge is 2.33. The Bertz CT molecular complexity index is 613. The number of ether oxygens (including phenoxy) is 2. The molecule has 0 saturated carbocycles. The van der Waals surface area contributed by atoms with Gasteiger partial charge in [-0.05, 0) is 18.6 Å². The number of aromatic nitrogens is 1. The fourth-order valence-electron chi connectivity index (χ4n) is 2.16. The van der Waals surface area contributed by atoms with Crippen LogP contribution in [0.3, 0.4) is 0 Å². The second kappa shape index (κ2) is 5.14. The van der Waals surface area contributed by atoms with E-state index in [1.54, 1.807) is 0 Å². The molecule has 1 heterocycles. The van der Waals surface area contributed by atoms with E-state index in [1.807, 2.05) is 31.2 Å². The summed E-state index contributed by atoms with van der Waals surface area (Å²) < 4.78 is 9.36. The second-order valence-electron chi connectivity index (χ2n) is 4.19. The smallest absolute Gasteiger partial charge is 0.326 e. The zero-order chi connectivity index (χ0) is 14.0. The maximum Gasteiger partial charge on any atom is 0.326 e. The average Bonchev–Trinajstić information content (AvgIpc) is 2.76. The van der Waals surface area contributed by atoms with Gasteiger partial charge in [-0.3, -0.25) is 9.59 Å². The number of para-hydroxylation sites is 1. The number of H-pyrrole nitrogens is 1. The molecule has 0 bridgehead atoms. The van der Waals surface area contributed by atoms with E-state index in [4.69, 9.17) is 0 Å². The van der Waals surface area contributed by atoms with Gasteiger partial charge >= 0.3 is 11.9 Å². The van der Waals surface area contributed by atoms with E-state index in [1.165, 1.54) is 14.2 Å². The highest BCUT2D eigenvalue weighted by atomic mass is 16.5. The molecule has 1 N–H and O–H groups in total. The van der Waals surface area contributed by atoms with Crippen molar-refractivity contribution in [3.05, 3.63) is 35.5 Å². The minimum Gasteiger partial charge on any atom is -0.468 e. The fraction of sp³-hybridized carbons (Fsp3) is 0.286. The monoisotopic (exact) mass is 261 g/mol. The third-order valence-corrected chi connectivity index (χ3v) is 3.17. The van der Waals surface area contributed by atoms with Gasteiger partial charge in [-0.15, -0.1) is 0 Å². The largest absolute Gasteiger partial charge is 0.468 e. The van der Waals surface area contributed by atoms with Crippen molar-refractivity contribution < 1.29 is 19.1 Å². The molecule has 2 rings (SSSR count). The van der Waals surface area contributed by atoms with Crippen LogP contribution in [0.2, 0.25) is 0 Å². The summed E-state index contributed by atoms with van der Waals surface area (Å²) in [5, 5.41) is 0.968. The molecule has 0 aliphatic carbocycles. The SMILES string of the molecule is COC(=O)C(C(=O)OC)c1[nH]c2ccccc2c1C. The van der Waals surface area contributed by atoms with E-state index in [0.29, 0.717) is 5.69 Å². The summed E-state index contributed by atoms with van der Waals surface area (Å²) in [6, 6.07) is 7.60. The van der Waals surface area contributed by atoms with Crippen molar-refractivity contribution in [3.63, 3.8) is 0 Å². The molecule has 2 aromatic rings. The van der Waals surface area contributed by atoms with E-state index in [2.05, 4.69) is 14.5 Å². The van der Waals surface area contributed by atoms with E-state index in [0.717, 1.165) is 16.5 Å². The summed E-state index contributed by atoms with van der Waals surface area (Å²) in [5.74, 6) is -2.36. The third kappa shape index (κ3) is 2.19. The summed E-state index contributed by atoms with van der Waals surface area (Å²) in [6.45, 7) is 1.85. The Morgan fingerprint density at radius 2 is 1.68 bits per heavy atom. The van der Waals surface area contributed by atoms with Gasteiger partial charge in [0.05, 0.1) is 14.2 Å². The van der Waals surface area contributed by atoms with Gasteiger partial charge in [0.15, 0.2) is 5.92 Å². The molecule has 19 heavy (non-hydrogen) atoms. The van der Waals surface area contributed by atoms with Crippen molar-refractivity contribution in [3.8, 4) is 0 Å². The Morgan fingerprint density at radius 3 is 2.21 bits per heavy atom. The van der Waals surface area contributed by atoms with Gasteiger partial charge in [0.2, 0.25) is 0 Å². The first-order valence-electron chi connectivity index (χ1n) is 5.83. The van der Waals surface area contributed by atoms with Crippen LogP contribution in [-0.2, 0) is 19.1 Å². The molecular formula is C14H15NO4. The Morgan fingerprint density at radius 1 is 1.11 bits per heavy atom. The van der Waals surface area contributed by atoms with Crippen molar-refractivity contribution in [2.24, 2.45) is 0 Å². The number of hydrogen-bond donors (Lipinski definition) is 1. The molecule has 5 heteroatoms. The molecule has 5 nitrogen and oxygen atoms in total. The van der Waals surface area contributed by atoms with E-state index >= 15 is 0 Å². The molecule has 0 atom stereocenters. The van der Waals surface area contributed by atoms with Gasteiger partial charge in [-0.2, -0.15) is 0 Å². The number of hydrogen-bond acceptors (Lipinski definition) is 4. The Balaban J connectivity index is 2.59. The van der Waals surface area contributed by atoms with Gasteiger partial charge in [-0.25, -0.2) is 0 Å². The predicted molar refractivity (Wildman–Crippen MR) is 69.8 cm³/mol. The van der Waals surface area contributed by atoms with E-state index in [9.17, 15) is 9.59 Å². The lowest BCUT2D eigenvalue weighted by atomic mass is 10.0. The molecule has 1 aromatic heterocycles. The number of benzene rings is 1. The van der Waals surface area contributed by atoms with Crippen molar-refractivity contribution in [1.82, 2.24) is 4.98 Å². The van der Waals surface area contributed by atoms with Gasteiger partial charge in [0, 0.05) is 16.6 Å². The number of aryl methyl sites for hydroxylation is 1. The molecule has 0 aliphatic rings. The summed E-state index contributed by atoms with van der Waals surface area (Å²) in [5.41, 5.74) is 2.23. The van der Waals surface area contributed by atoms with Crippen LogP contribution in [0.5, 0.6) is 0 Å². The van der Waals surface area contributed by atoms with Gasteiger partial charge < -0.3 is 14.5 Å². The summed E-state index contributed by atoms with van der Waals surface area (Å²) in [7, 11) is 2.49. The van der Waals surface area contributed by atoms with Crippen LogP contribution >= 0.6 is 0 Å². The van der Waals surface area contributed by atoms with Crippen LogP contribution < -0.4 is 0 Å². The van der Waals surface area contributed by atoms with Gasteiger partial charge in [0.1, 0.15) is 0 Å². The van der Waals surface area contributed by atoms with Crippen LogP contribution in [0.4, 0.5) is 0 Å². The maximum atomic E-state index is 11.8. The Labute approximate surface area is 110 Å². The molecule has 100 valence electrons. The van der Waals surface area contributed by atoms with E-state index in [-0.39, 0.29) is 0 Å². The summed E-state index contributed by atoms with van der Waals surface area (Å²) >= 11 is 0. The van der Waals surface area contributed by atoms with Gasteiger partial charge in [0.25, 0.3) is 0 Å². The first kappa shape index (κ1) is 13.1.